The topological polar surface area (TPSA) is 78.9 Å². The molecule has 0 aromatic carbocycles. The molecule has 492 valence electrons. The molecule has 0 aliphatic heterocycles. The molecule has 0 N–H and O–H groups in total. The fraction of sp³-hybridized carbons (Fsp3) is 0.935. The molecule has 0 spiro atoms. The van der Waals surface area contributed by atoms with Crippen LogP contribution in [0.2, 0.25) is 0 Å². The van der Waals surface area contributed by atoms with Crippen LogP contribution in [0.4, 0.5) is 0 Å². The maximum absolute atomic E-state index is 12.9. The first kappa shape index (κ1) is 81.2. The number of hydrogen-bond donors (Lipinski definition) is 0. The zero-order valence-electron chi connectivity index (χ0n) is 56.8. The van der Waals surface area contributed by atoms with E-state index in [2.05, 4.69) is 32.9 Å². The third-order valence-corrected chi connectivity index (χ3v) is 17.8. The molecule has 0 amide bonds. The summed E-state index contributed by atoms with van der Waals surface area (Å²) in [6, 6.07) is 0. The number of carbonyl (C=O) groups is 3. The van der Waals surface area contributed by atoms with Crippen molar-refractivity contribution in [2.24, 2.45) is 0 Å². The molecule has 0 heterocycles. The van der Waals surface area contributed by atoms with Crippen molar-refractivity contribution in [1.82, 2.24) is 0 Å². The van der Waals surface area contributed by atoms with Crippen LogP contribution in [0.1, 0.15) is 445 Å². The number of allylic oxidation sites excluding steroid dienone is 2. The highest BCUT2D eigenvalue weighted by atomic mass is 16.6. The molecular formula is C77H148O6. The summed E-state index contributed by atoms with van der Waals surface area (Å²) in [6.07, 6.45) is 89.0. The Kier molecular flexibility index (Phi) is 71.0. The smallest absolute Gasteiger partial charge is 0.306 e. The zero-order valence-corrected chi connectivity index (χ0v) is 56.8. The maximum atomic E-state index is 12.9. The van der Waals surface area contributed by atoms with Gasteiger partial charge in [-0.2, -0.15) is 0 Å². The minimum atomic E-state index is -0.763. The van der Waals surface area contributed by atoms with Crippen molar-refractivity contribution in [3.63, 3.8) is 0 Å². The molecule has 1 atom stereocenters. The lowest BCUT2D eigenvalue weighted by Gasteiger charge is -2.18. The number of unbranched alkanes of at least 4 members (excludes halogenated alkanes) is 59. The zero-order chi connectivity index (χ0) is 59.9. The largest absolute Gasteiger partial charge is 0.462 e. The average molecular weight is 1170 g/mol. The predicted molar refractivity (Wildman–Crippen MR) is 363 cm³/mol. The lowest BCUT2D eigenvalue weighted by Crippen LogP contribution is -2.30. The lowest BCUT2D eigenvalue weighted by molar-refractivity contribution is -0.167. The van der Waals surface area contributed by atoms with E-state index in [1.807, 2.05) is 0 Å². The van der Waals surface area contributed by atoms with Gasteiger partial charge in [0.1, 0.15) is 13.2 Å². The molecule has 6 heteroatoms. The number of ether oxygens (including phenoxy) is 3. The van der Waals surface area contributed by atoms with Crippen molar-refractivity contribution in [3.8, 4) is 0 Å². The quantitative estimate of drug-likeness (QED) is 0.0261. The monoisotopic (exact) mass is 1170 g/mol. The van der Waals surface area contributed by atoms with E-state index in [0.29, 0.717) is 19.3 Å². The van der Waals surface area contributed by atoms with Crippen LogP contribution in [0.3, 0.4) is 0 Å². The van der Waals surface area contributed by atoms with E-state index in [4.69, 9.17) is 14.2 Å². The van der Waals surface area contributed by atoms with Gasteiger partial charge in [0.15, 0.2) is 6.10 Å². The van der Waals surface area contributed by atoms with Gasteiger partial charge in [-0.05, 0) is 44.9 Å². The summed E-state index contributed by atoms with van der Waals surface area (Å²) in [7, 11) is 0. The van der Waals surface area contributed by atoms with E-state index in [1.165, 1.54) is 347 Å². The molecule has 0 aliphatic rings. The third kappa shape index (κ3) is 70.8. The number of esters is 3. The van der Waals surface area contributed by atoms with Crippen LogP contribution in [0.25, 0.3) is 0 Å². The fourth-order valence-electron chi connectivity index (χ4n) is 12.0. The molecule has 0 saturated heterocycles. The maximum Gasteiger partial charge on any atom is 0.306 e. The first-order chi connectivity index (χ1) is 41.0. The van der Waals surface area contributed by atoms with E-state index in [1.54, 1.807) is 0 Å². The Morgan fingerprint density at radius 3 is 0.602 bits per heavy atom. The highest BCUT2D eigenvalue weighted by molar-refractivity contribution is 5.71. The first-order valence-corrected chi connectivity index (χ1v) is 38.2. The third-order valence-electron chi connectivity index (χ3n) is 17.8. The van der Waals surface area contributed by atoms with Crippen molar-refractivity contribution < 1.29 is 28.6 Å². The van der Waals surface area contributed by atoms with E-state index in [9.17, 15) is 14.4 Å². The van der Waals surface area contributed by atoms with E-state index in [-0.39, 0.29) is 31.1 Å². The van der Waals surface area contributed by atoms with Crippen LogP contribution < -0.4 is 0 Å². The van der Waals surface area contributed by atoms with Crippen LogP contribution in [-0.4, -0.2) is 37.2 Å². The van der Waals surface area contributed by atoms with Crippen LogP contribution in [0, 0.1) is 0 Å². The van der Waals surface area contributed by atoms with Gasteiger partial charge in [0.25, 0.3) is 0 Å². The van der Waals surface area contributed by atoms with Gasteiger partial charge in [0.2, 0.25) is 0 Å². The Bertz CT molecular complexity index is 1300. The number of rotatable bonds is 72. The Hall–Kier alpha value is -1.85. The van der Waals surface area contributed by atoms with Crippen LogP contribution in [0.15, 0.2) is 12.2 Å². The first-order valence-electron chi connectivity index (χ1n) is 38.2. The number of carbonyl (C=O) groups excluding carboxylic acids is 3. The summed E-state index contributed by atoms with van der Waals surface area (Å²) in [5.74, 6) is -0.838. The van der Waals surface area contributed by atoms with Crippen molar-refractivity contribution in [2.45, 2.75) is 451 Å². The molecule has 0 saturated carbocycles. The molecule has 0 aromatic heterocycles. The van der Waals surface area contributed by atoms with Gasteiger partial charge in [0, 0.05) is 19.3 Å². The second kappa shape index (κ2) is 72.6. The Morgan fingerprint density at radius 2 is 0.398 bits per heavy atom. The standard InChI is InChI=1S/C77H148O6/c1-4-7-10-13-16-18-20-22-24-26-28-30-32-34-35-36-37-38-39-40-41-42-43-44-46-47-49-51-53-55-57-59-61-64-67-70-76(79)82-73-74(72-81-75(78)69-66-63-15-12-9-6-3)83-77(80)71-68-65-62-60-58-56-54-52-50-48-45-33-31-29-27-25-23-21-19-17-14-11-8-5-2/h26,28,74H,4-25,27,29-73H2,1-3H3/b28-26-. The Morgan fingerprint density at radius 1 is 0.229 bits per heavy atom. The number of hydrogen-bond acceptors (Lipinski definition) is 6. The van der Waals surface area contributed by atoms with Crippen LogP contribution >= 0.6 is 0 Å². The lowest BCUT2D eigenvalue weighted by atomic mass is 10.0. The molecule has 0 radical (unpaired) electrons. The van der Waals surface area contributed by atoms with Crippen LogP contribution in [-0.2, 0) is 28.6 Å². The second-order valence-electron chi connectivity index (χ2n) is 26.3. The molecule has 0 aliphatic carbocycles. The van der Waals surface area contributed by atoms with Gasteiger partial charge >= 0.3 is 17.9 Å². The minimum Gasteiger partial charge on any atom is -0.462 e. The van der Waals surface area contributed by atoms with E-state index < -0.39 is 6.10 Å². The molecule has 1 unspecified atom stereocenters. The highest BCUT2D eigenvalue weighted by Gasteiger charge is 2.20. The van der Waals surface area contributed by atoms with E-state index >= 15 is 0 Å². The minimum absolute atomic E-state index is 0.0627. The summed E-state index contributed by atoms with van der Waals surface area (Å²) in [5.41, 5.74) is 0. The van der Waals surface area contributed by atoms with Crippen LogP contribution in [0.5, 0.6) is 0 Å². The molecule has 0 rings (SSSR count). The summed E-state index contributed by atoms with van der Waals surface area (Å²) in [6.45, 7) is 6.67. The summed E-state index contributed by atoms with van der Waals surface area (Å²) >= 11 is 0. The van der Waals surface area contributed by atoms with Gasteiger partial charge < -0.3 is 14.2 Å². The van der Waals surface area contributed by atoms with Crippen molar-refractivity contribution >= 4 is 17.9 Å². The molecule has 0 aromatic rings. The second-order valence-corrected chi connectivity index (χ2v) is 26.3. The van der Waals surface area contributed by atoms with Gasteiger partial charge in [-0.25, -0.2) is 0 Å². The molecule has 83 heavy (non-hydrogen) atoms. The molecule has 0 bridgehead atoms. The molecule has 0 fully saturated rings. The summed E-state index contributed by atoms with van der Waals surface area (Å²) in [4.78, 5) is 38.1. The van der Waals surface area contributed by atoms with Crippen molar-refractivity contribution in [1.29, 1.82) is 0 Å². The van der Waals surface area contributed by atoms with Crippen molar-refractivity contribution in [3.05, 3.63) is 12.2 Å². The average Bonchev–Trinajstić information content (AvgIpc) is 3.48. The van der Waals surface area contributed by atoms with Gasteiger partial charge in [-0.3, -0.25) is 14.4 Å². The van der Waals surface area contributed by atoms with E-state index in [0.717, 1.165) is 57.8 Å². The SMILES string of the molecule is CCCCCCCCCC/C=C\CCCCCCCCCCCCCCCCCCCCCCCCCC(=O)OCC(COC(=O)CCCCCCCC)OC(=O)CCCCCCCCCCCCCCCCCCCCCCCCCC. The Balaban J connectivity index is 3.88. The normalized spacial score (nSPS) is 12.0. The molecule has 6 nitrogen and oxygen atoms in total. The fourth-order valence-corrected chi connectivity index (χ4v) is 12.0. The van der Waals surface area contributed by atoms with Gasteiger partial charge in [-0.15, -0.1) is 0 Å². The summed E-state index contributed by atoms with van der Waals surface area (Å²) in [5, 5.41) is 0. The van der Waals surface area contributed by atoms with Gasteiger partial charge in [-0.1, -0.05) is 392 Å². The van der Waals surface area contributed by atoms with Gasteiger partial charge in [0.05, 0.1) is 0 Å². The predicted octanol–water partition coefficient (Wildman–Crippen LogP) is 26.3. The summed E-state index contributed by atoms with van der Waals surface area (Å²) < 4.78 is 16.9. The van der Waals surface area contributed by atoms with Crippen molar-refractivity contribution in [2.75, 3.05) is 13.2 Å². The Labute approximate surface area is 520 Å². The molecular weight excluding hydrogens is 1020 g/mol. The highest BCUT2D eigenvalue weighted by Crippen LogP contribution is 2.20.